The third kappa shape index (κ3) is 3.55. The van der Waals surface area contributed by atoms with Crippen molar-refractivity contribution < 1.29 is 19.7 Å². The number of hydrogen-bond acceptors (Lipinski definition) is 5. The van der Waals surface area contributed by atoms with Gasteiger partial charge in [0.2, 0.25) is 0 Å². The molecule has 0 amide bonds. The van der Waals surface area contributed by atoms with Gasteiger partial charge in [-0.25, -0.2) is 4.79 Å². The highest BCUT2D eigenvalue weighted by Crippen LogP contribution is 2.38. The first kappa shape index (κ1) is 21.9. The van der Waals surface area contributed by atoms with Crippen LogP contribution in [0.5, 0.6) is 5.75 Å². The molecule has 34 heavy (non-hydrogen) atoms. The number of benzene rings is 3. The van der Waals surface area contributed by atoms with E-state index in [0.29, 0.717) is 34.0 Å². The van der Waals surface area contributed by atoms with Gasteiger partial charge in [0, 0.05) is 34.1 Å². The summed E-state index contributed by atoms with van der Waals surface area (Å²) in [6, 6.07) is 19.1. The number of H-pyrrole nitrogens is 1. The highest BCUT2D eigenvalue weighted by molar-refractivity contribution is 7.71. The lowest BCUT2D eigenvalue weighted by Gasteiger charge is -2.13. The average Bonchev–Trinajstić information content (AvgIpc) is 3.35. The number of aliphatic hydroxyl groups excluding tert-OH is 1. The van der Waals surface area contributed by atoms with E-state index < -0.39 is 5.97 Å². The lowest BCUT2D eigenvalue weighted by molar-refractivity contribution is 0.0697. The second kappa shape index (κ2) is 8.77. The Hall–Kier alpha value is -3.95. The van der Waals surface area contributed by atoms with Crippen LogP contribution in [0, 0.1) is 11.7 Å². The molecule has 2 aromatic heterocycles. The van der Waals surface area contributed by atoms with Crippen molar-refractivity contribution in [2.75, 3.05) is 6.61 Å². The molecule has 2 heterocycles. The number of ether oxygens (including phenoxy) is 1. The van der Waals surface area contributed by atoms with Gasteiger partial charge in [0.05, 0.1) is 17.7 Å². The van der Waals surface area contributed by atoms with Crippen LogP contribution in [0.1, 0.15) is 21.9 Å². The fraction of sp³-hybridized carbons (Fsp3) is 0.160. The average molecular weight is 475 g/mol. The van der Waals surface area contributed by atoms with Gasteiger partial charge in [-0.1, -0.05) is 42.5 Å². The van der Waals surface area contributed by atoms with Crippen LogP contribution in [0.2, 0.25) is 0 Å². The van der Waals surface area contributed by atoms with Crippen molar-refractivity contribution in [3.8, 4) is 11.4 Å². The van der Waals surface area contributed by atoms with Gasteiger partial charge >= 0.3 is 5.97 Å². The monoisotopic (exact) mass is 474 g/mol. The molecule has 0 spiro atoms. The highest BCUT2D eigenvalue weighted by atomic mass is 32.1. The molecule has 0 aliphatic rings. The Bertz CT molecular complexity index is 1580. The molecule has 0 aliphatic heterocycles. The number of carboxylic acid groups (broad SMARTS) is 1. The Labute approximate surface area is 199 Å². The van der Waals surface area contributed by atoms with Crippen LogP contribution >= 0.6 is 12.2 Å². The molecular weight excluding hydrogens is 452 g/mol. The maximum absolute atomic E-state index is 12.1. The number of aromatic nitrogens is 4. The molecule has 3 aromatic carbocycles. The van der Waals surface area contributed by atoms with Crippen molar-refractivity contribution in [2.45, 2.75) is 20.1 Å². The summed E-state index contributed by atoms with van der Waals surface area (Å²) in [6.45, 7) is 2.08. The molecule has 5 aromatic rings. The maximum Gasteiger partial charge on any atom is 0.338 e. The number of aromatic carboxylic acids is 1. The van der Waals surface area contributed by atoms with E-state index >= 15 is 0 Å². The molecule has 3 N–H and O–H groups in total. The van der Waals surface area contributed by atoms with E-state index in [9.17, 15) is 15.0 Å². The number of hydrogen-bond donors (Lipinski definition) is 3. The van der Waals surface area contributed by atoms with Crippen molar-refractivity contribution in [2.24, 2.45) is 0 Å². The van der Waals surface area contributed by atoms with Crippen molar-refractivity contribution in [1.29, 1.82) is 0 Å². The molecule has 0 radical (unpaired) electrons. The number of nitrogens with one attached hydrogen (secondary N) is 1. The summed E-state index contributed by atoms with van der Waals surface area (Å²) in [5, 5.41) is 28.9. The molecule has 8 nitrogen and oxygen atoms in total. The molecular formula is C25H22N4O4S. The molecule has 9 heteroatoms. The molecule has 0 saturated heterocycles. The van der Waals surface area contributed by atoms with Crippen LogP contribution in [-0.4, -0.2) is 42.1 Å². The number of aliphatic hydroxyl groups is 1. The van der Waals surface area contributed by atoms with E-state index in [0.717, 1.165) is 22.0 Å². The third-order valence-electron chi connectivity index (χ3n) is 5.93. The Morgan fingerprint density at radius 2 is 1.79 bits per heavy atom. The fourth-order valence-electron chi connectivity index (χ4n) is 4.49. The zero-order chi connectivity index (χ0) is 23.8. The first-order valence-electron chi connectivity index (χ1n) is 10.7. The van der Waals surface area contributed by atoms with Gasteiger partial charge in [0.25, 0.3) is 0 Å². The van der Waals surface area contributed by atoms with Gasteiger partial charge in [-0.15, -0.1) is 0 Å². The number of fused-ring (bicyclic) bond motifs is 3. The number of rotatable bonds is 7. The third-order valence-corrected chi connectivity index (χ3v) is 6.21. The van der Waals surface area contributed by atoms with Crippen molar-refractivity contribution >= 4 is 39.9 Å². The normalized spacial score (nSPS) is 11.4. The van der Waals surface area contributed by atoms with E-state index in [2.05, 4.69) is 10.2 Å². The van der Waals surface area contributed by atoms with Crippen molar-refractivity contribution in [1.82, 2.24) is 19.3 Å². The van der Waals surface area contributed by atoms with Crippen molar-refractivity contribution in [3.63, 3.8) is 0 Å². The SMILES string of the molecule is Cc1c(C(=O)O)c2cc(OCc3n[nH]c(=S)n3-c3ccccc3)c3ccccc3c2n1CCO. The summed E-state index contributed by atoms with van der Waals surface area (Å²) >= 11 is 5.41. The maximum atomic E-state index is 12.1. The minimum Gasteiger partial charge on any atom is -0.485 e. The van der Waals surface area contributed by atoms with Crippen molar-refractivity contribution in [3.05, 3.63) is 82.5 Å². The molecule has 0 bridgehead atoms. The molecule has 0 unspecified atom stereocenters. The molecule has 0 aliphatic carbocycles. The summed E-state index contributed by atoms with van der Waals surface area (Å²) in [7, 11) is 0. The first-order chi connectivity index (χ1) is 16.5. The quantitative estimate of drug-likeness (QED) is 0.298. The first-order valence-corrected chi connectivity index (χ1v) is 11.1. The predicted molar refractivity (Wildman–Crippen MR) is 131 cm³/mol. The van der Waals surface area contributed by atoms with Crippen LogP contribution < -0.4 is 4.74 Å². The molecule has 172 valence electrons. The number of aromatic amines is 1. The minimum atomic E-state index is -1.02. The highest BCUT2D eigenvalue weighted by Gasteiger charge is 2.23. The summed E-state index contributed by atoms with van der Waals surface area (Å²) in [5.74, 6) is 0.110. The molecule has 0 saturated carbocycles. The Balaban J connectivity index is 1.65. The lowest BCUT2D eigenvalue weighted by Crippen LogP contribution is -2.06. The standard InChI is InChI=1S/C25H22N4O4S/c1-15-22(24(31)32)19-13-20(17-9-5-6-10-18(17)23(19)28(15)11-12-30)33-14-21-26-27-25(34)29(21)16-7-3-2-4-8-16/h2-10,13,30H,11-12,14H2,1H3,(H,27,34)(H,31,32). The van der Waals surface area contributed by atoms with Crippen LogP contribution in [0.25, 0.3) is 27.4 Å². The van der Waals surface area contributed by atoms with Gasteiger partial charge in [-0.2, -0.15) is 5.10 Å². The summed E-state index contributed by atoms with van der Waals surface area (Å²) < 4.78 is 10.3. The van der Waals surface area contributed by atoms with E-state index in [1.165, 1.54) is 0 Å². The second-order valence-corrected chi connectivity index (χ2v) is 8.25. The summed E-state index contributed by atoms with van der Waals surface area (Å²) in [6.07, 6.45) is 0. The minimum absolute atomic E-state index is 0.0989. The van der Waals surface area contributed by atoms with Gasteiger partial charge in [-0.3, -0.25) is 9.67 Å². The Kier molecular flexibility index (Phi) is 5.64. The van der Waals surface area contributed by atoms with Gasteiger partial charge < -0.3 is 19.5 Å². The molecule has 5 rings (SSSR count). The lowest BCUT2D eigenvalue weighted by atomic mass is 10.0. The number of para-hydroxylation sites is 1. The van der Waals surface area contributed by atoms with E-state index in [1.54, 1.807) is 17.6 Å². The topological polar surface area (TPSA) is 105 Å². The number of nitrogens with zero attached hydrogens (tertiary/aromatic N) is 3. The molecule has 0 fully saturated rings. The number of carbonyl (C=O) groups is 1. The smallest absolute Gasteiger partial charge is 0.338 e. The van der Waals surface area contributed by atoms with Crippen LogP contribution in [-0.2, 0) is 13.2 Å². The Morgan fingerprint density at radius 1 is 1.09 bits per heavy atom. The summed E-state index contributed by atoms with van der Waals surface area (Å²) in [4.78, 5) is 12.1. The zero-order valence-electron chi connectivity index (χ0n) is 18.4. The van der Waals surface area contributed by atoms with E-state index in [4.69, 9.17) is 17.0 Å². The largest absolute Gasteiger partial charge is 0.485 e. The second-order valence-electron chi connectivity index (χ2n) is 7.86. The van der Waals surface area contributed by atoms with Crippen LogP contribution in [0.4, 0.5) is 0 Å². The van der Waals surface area contributed by atoms with E-state index in [-0.39, 0.29) is 18.8 Å². The summed E-state index contributed by atoms with van der Waals surface area (Å²) in [5.41, 5.74) is 2.42. The predicted octanol–water partition coefficient (Wildman–Crippen LogP) is 4.62. The van der Waals surface area contributed by atoms with Gasteiger partial charge in [0.1, 0.15) is 12.4 Å². The fourth-order valence-corrected chi connectivity index (χ4v) is 4.74. The van der Waals surface area contributed by atoms with Gasteiger partial charge in [-0.05, 0) is 37.3 Å². The number of carboxylic acids is 1. The van der Waals surface area contributed by atoms with Crippen LogP contribution in [0.15, 0.2) is 60.7 Å². The van der Waals surface area contributed by atoms with E-state index in [1.807, 2.05) is 59.2 Å². The molecule has 0 atom stereocenters. The Morgan fingerprint density at radius 3 is 2.50 bits per heavy atom. The zero-order valence-corrected chi connectivity index (χ0v) is 19.2. The van der Waals surface area contributed by atoms with Crippen LogP contribution in [0.3, 0.4) is 0 Å². The van der Waals surface area contributed by atoms with Gasteiger partial charge in [0.15, 0.2) is 10.6 Å².